The fourth-order valence-electron chi connectivity index (χ4n) is 2.50. The Morgan fingerprint density at radius 2 is 1.77 bits per heavy atom. The van der Waals surface area contributed by atoms with E-state index in [1.165, 1.54) is 12.1 Å². The molecule has 2 aromatic carbocycles. The molecule has 4 N–H and O–H groups in total. The van der Waals surface area contributed by atoms with E-state index in [1.807, 2.05) is 30.3 Å². The zero-order chi connectivity index (χ0) is 18.7. The molecule has 3 aromatic rings. The van der Waals surface area contributed by atoms with Gasteiger partial charge in [0.25, 0.3) is 5.91 Å². The number of aromatic nitrogens is 2. The van der Waals surface area contributed by atoms with Gasteiger partial charge in [-0.3, -0.25) is 9.89 Å². The predicted octanol–water partition coefficient (Wildman–Crippen LogP) is 2.22. The van der Waals surface area contributed by atoms with Gasteiger partial charge in [-0.05, 0) is 30.7 Å². The van der Waals surface area contributed by atoms with Crippen LogP contribution in [0, 0.1) is 0 Å². The molecular weight excluding hydrogens is 352 g/mol. The number of hydrogen-bond donors (Lipinski definition) is 3. The van der Waals surface area contributed by atoms with Crippen LogP contribution in [0.5, 0.6) is 0 Å². The first-order valence-electron chi connectivity index (χ1n) is 7.89. The Morgan fingerprint density at radius 3 is 2.38 bits per heavy atom. The Morgan fingerprint density at radius 1 is 1.12 bits per heavy atom. The molecule has 3 rings (SSSR count). The molecule has 26 heavy (non-hydrogen) atoms. The maximum absolute atomic E-state index is 12.4. The van der Waals surface area contributed by atoms with E-state index in [2.05, 4.69) is 15.5 Å². The topological polar surface area (TPSA) is 118 Å². The minimum atomic E-state index is -3.74. The zero-order valence-electron chi connectivity index (χ0n) is 14.0. The minimum Gasteiger partial charge on any atom is -0.344 e. The van der Waals surface area contributed by atoms with Gasteiger partial charge >= 0.3 is 0 Å². The number of carbonyl (C=O) groups excluding carboxylic acids is 1. The lowest BCUT2D eigenvalue weighted by Crippen LogP contribution is -2.27. The van der Waals surface area contributed by atoms with Crippen LogP contribution >= 0.6 is 0 Å². The number of amides is 1. The van der Waals surface area contributed by atoms with E-state index in [0.29, 0.717) is 11.4 Å². The third kappa shape index (κ3) is 3.98. The first-order chi connectivity index (χ1) is 12.3. The lowest BCUT2D eigenvalue weighted by Gasteiger charge is -2.14. The average Bonchev–Trinajstić information content (AvgIpc) is 3.12. The first kappa shape index (κ1) is 17.8. The number of sulfonamides is 1. The maximum Gasteiger partial charge on any atom is 0.269 e. The van der Waals surface area contributed by atoms with Crippen molar-refractivity contribution in [2.45, 2.75) is 17.9 Å². The number of primary sulfonamides is 1. The van der Waals surface area contributed by atoms with Crippen LogP contribution in [0.3, 0.4) is 0 Å². The van der Waals surface area contributed by atoms with Crippen molar-refractivity contribution in [2.24, 2.45) is 5.14 Å². The molecule has 0 saturated heterocycles. The molecular formula is C18H18N4O3S. The van der Waals surface area contributed by atoms with Crippen molar-refractivity contribution in [3.8, 4) is 11.3 Å². The number of nitrogens with one attached hydrogen (secondary N) is 2. The molecule has 0 aliphatic carbocycles. The van der Waals surface area contributed by atoms with E-state index in [-0.39, 0.29) is 16.8 Å². The summed E-state index contributed by atoms with van der Waals surface area (Å²) in [7, 11) is -3.74. The predicted molar refractivity (Wildman–Crippen MR) is 97.7 cm³/mol. The number of aromatic amines is 1. The summed E-state index contributed by atoms with van der Waals surface area (Å²) in [6.07, 6.45) is 0. The first-order valence-corrected chi connectivity index (χ1v) is 9.43. The van der Waals surface area contributed by atoms with Gasteiger partial charge in [0, 0.05) is 5.56 Å². The van der Waals surface area contributed by atoms with Crippen LogP contribution in [-0.4, -0.2) is 24.5 Å². The molecule has 1 atom stereocenters. The molecule has 1 aromatic heterocycles. The summed E-state index contributed by atoms with van der Waals surface area (Å²) < 4.78 is 22.6. The number of benzene rings is 2. The van der Waals surface area contributed by atoms with Crippen LogP contribution in [0.1, 0.15) is 29.0 Å². The molecule has 0 bridgehead atoms. The van der Waals surface area contributed by atoms with E-state index in [1.54, 1.807) is 25.1 Å². The van der Waals surface area contributed by atoms with Crippen LogP contribution < -0.4 is 10.5 Å². The molecule has 134 valence electrons. The second-order valence-corrected chi connectivity index (χ2v) is 7.40. The normalized spacial score (nSPS) is 12.5. The molecule has 7 nitrogen and oxygen atoms in total. The Bertz CT molecular complexity index is 1010. The minimum absolute atomic E-state index is 0.0286. The SMILES string of the molecule is C[C@H](NC(=O)c1cc(-c2ccccc2)n[nH]1)c1ccc(S(N)(=O)=O)cc1. The number of nitrogens with two attached hydrogens (primary N) is 1. The van der Waals surface area contributed by atoms with E-state index >= 15 is 0 Å². The second kappa shape index (κ2) is 7.11. The van der Waals surface area contributed by atoms with E-state index in [0.717, 1.165) is 11.1 Å². The number of H-pyrrole nitrogens is 1. The summed E-state index contributed by atoms with van der Waals surface area (Å²) in [5.41, 5.74) is 2.70. The van der Waals surface area contributed by atoms with Gasteiger partial charge in [0.1, 0.15) is 5.69 Å². The second-order valence-electron chi connectivity index (χ2n) is 5.84. The molecule has 0 saturated carbocycles. The molecule has 0 radical (unpaired) electrons. The van der Waals surface area contributed by atoms with Crippen LogP contribution in [0.4, 0.5) is 0 Å². The van der Waals surface area contributed by atoms with Gasteiger partial charge in [0.2, 0.25) is 10.0 Å². The third-order valence-corrected chi connectivity index (χ3v) is 4.88. The highest BCUT2D eigenvalue weighted by Gasteiger charge is 2.15. The largest absolute Gasteiger partial charge is 0.344 e. The highest BCUT2D eigenvalue weighted by Crippen LogP contribution is 2.19. The van der Waals surface area contributed by atoms with Gasteiger partial charge in [0.05, 0.1) is 16.6 Å². The van der Waals surface area contributed by atoms with E-state index in [9.17, 15) is 13.2 Å². The smallest absolute Gasteiger partial charge is 0.269 e. The summed E-state index contributed by atoms with van der Waals surface area (Å²) in [6.45, 7) is 1.80. The van der Waals surface area contributed by atoms with Gasteiger partial charge in [-0.25, -0.2) is 13.6 Å². The summed E-state index contributed by atoms with van der Waals surface area (Å²) in [5, 5.41) is 14.8. The van der Waals surface area contributed by atoms with Crippen LogP contribution in [-0.2, 0) is 10.0 Å². The fraction of sp³-hybridized carbons (Fsp3) is 0.111. The van der Waals surface area contributed by atoms with E-state index < -0.39 is 10.0 Å². The highest BCUT2D eigenvalue weighted by molar-refractivity contribution is 7.89. The van der Waals surface area contributed by atoms with Crippen LogP contribution in [0.2, 0.25) is 0 Å². The Labute approximate surface area is 151 Å². The number of nitrogens with zero attached hydrogens (tertiary/aromatic N) is 1. The molecule has 1 heterocycles. The van der Waals surface area contributed by atoms with Crippen LogP contribution in [0.25, 0.3) is 11.3 Å². The van der Waals surface area contributed by atoms with Gasteiger partial charge in [-0.1, -0.05) is 42.5 Å². The van der Waals surface area contributed by atoms with Crippen LogP contribution in [0.15, 0.2) is 65.6 Å². The van der Waals surface area contributed by atoms with Crippen molar-refractivity contribution in [2.75, 3.05) is 0 Å². The molecule has 0 aliphatic heterocycles. The van der Waals surface area contributed by atoms with Crippen molar-refractivity contribution in [3.63, 3.8) is 0 Å². The Hall–Kier alpha value is -2.97. The Balaban J connectivity index is 1.71. The van der Waals surface area contributed by atoms with Gasteiger partial charge in [-0.15, -0.1) is 0 Å². The summed E-state index contributed by atoms with van der Waals surface area (Å²) in [4.78, 5) is 12.4. The van der Waals surface area contributed by atoms with Gasteiger partial charge in [-0.2, -0.15) is 5.10 Å². The molecule has 0 fully saturated rings. The van der Waals surface area contributed by atoms with Crippen molar-refractivity contribution in [1.29, 1.82) is 0 Å². The molecule has 0 aliphatic rings. The molecule has 0 spiro atoms. The van der Waals surface area contributed by atoms with Gasteiger partial charge < -0.3 is 5.32 Å². The standard InChI is InChI=1S/C18H18N4O3S/c1-12(13-7-9-15(10-8-13)26(19,24)25)20-18(23)17-11-16(21-22-17)14-5-3-2-4-6-14/h2-12H,1H3,(H,20,23)(H,21,22)(H2,19,24,25)/t12-/m0/s1. The van der Waals surface area contributed by atoms with Crippen molar-refractivity contribution >= 4 is 15.9 Å². The lowest BCUT2D eigenvalue weighted by molar-refractivity contribution is 0.0935. The lowest BCUT2D eigenvalue weighted by atomic mass is 10.1. The monoisotopic (exact) mass is 370 g/mol. The maximum atomic E-state index is 12.4. The number of carbonyl (C=O) groups is 1. The quantitative estimate of drug-likeness (QED) is 0.638. The summed E-state index contributed by atoms with van der Waals surface area (Å²) >= 11 is 0. The van der Waals surface area contributed by atoms with E-state index in [4.69, 9.17) is 5.14 Å². The van der Waals surface area contributed by atoms with Crippen molar-refractivity contribution in [3.05, 3.63) is 71.9 Å². The van der Waals surface area contributed by atoms with Crippen molar-refractivity contribution < 1.29 is 13.2 Å². The number of hydrogen-bond acceptors (Lipinski definition) is 4. The molecule has 1 amide bonds. The molecule has 8 heteroatoms. The summed E-state index contributed by atoms with van der Waals surface area (Å²) in [5.74, 6) is -0.303. The average molecular weight is 370 g/mol. The fourth-order valence-corrected chi connectivity index (χ4v) is 3.01. The zero-order valence-corrected chi connectivity index (χ0v) is 14.8. The molecule has 0 unspecified atom stereocenters. The number of rotatable bonds is 5. The highest BCUT2D eigenvalue weighted by atomic mass is 32.2. The van der Waals surface area contributed by atoms with Gasteiger partial charge in [0.15, 0.2) is 0 Å². The summed E-state index contributed by atoms with van der Waals surface area (Å²) in [6, 6.07) is 17.0. The Kier molecular flexibility index (Phi) is 4.88. The third-order valence-electron chi connectivity index (χ3n) is 3.95. The van der Waals surface area contributed by atoms with Crippen molar-refractivity contribution in [1.82, 2.24) is 15.5 Å².